The first kappa shape index (κ1) is 17.5. The topological polar surface area (TPSA) is 46.5 Å². The van der Waals surface area contributed by atoms with Gasteiger partial charge in [0.05, 0.1) is 11.5 Å². The minimum Gasteiger partial charge on any atom is -0.462 e. The van der Waals surface area contributed by atoms with E-state index in [0.29, 0.717) is 5.75 Å². The molecule has 0 aliphatic heterocycles. The van der Waals surface area contributed by atoms with Gasteiger partial charge in [0.2, 0.25) is 0 Å². The van der Waals surface area contributed by atoms with Crippen molar-refractivity contribution in [3.63, 3.8) is 0 Å². The van der Waals surface area contributed by atoms with Crippen LogP contribution in [-0.4, -0.2) is 29.5 Å². The molecule has 0 aliphatic carbocycles. The van der Waals surface area contributed by atoms with E-state index in [4.69, 9.17) is 4.74 Å². The van der Waals surface area contributed by atoms with Crippen molar-refractivity contribution in [2.75, 3.05) is 12.4 Å². The van der Waals surface area contributed by atoms with Crippen LogP contribution in [0.15, 0.2) is 33.6 Å². The monoisotopic (exact) mass is 360 g/mol. The number of aliphatic hydroxyl groups excluding tert-OH is 1. The quantitative estimate of drug-likeness (QED) is 0.591. The molecule has 0 fully saturated rings. The fourth-order valence-electron chi connectivity index (χ4n) is 1.28. The zero-order valence-corrected chi connectivity index (χ0v) is 14.5. The third kappa shape index (κ3) is 5.85. The van der Waals surface area contributed by atoms with Crippen LogP contribution in [0.5, 0.6) is 0 Å². The Morgan fingerprint density at radius 3 is 2.55 bits per heavy atom. The van der Waals surface area contributed by atoms with Gasteiger partial charge in [0, 0.05) is 15.1 Å². The maximum absolute atomic E-state index is 11.8. The second kappa shape index (κ2) is 8.05. The van der Waals surface area contributed by atoms with Crippen LogP contribution in [0.25, 0.3) is 0 Å². The van der Waals surface area contributed by atoms with Crippen LogP contribution < -0.4 is 0 Å². The summed E-state index contributed by atoms with van der Waals surface area (Å²) in [5.74, 6) is 0.245. The van der Waals surface area contributed by atoms with Gasteiger partial charge in [0.15, 0.2) is 0 Å². The molecule has 1 aromatic carbocycles. The van der Waals surface area contributed by atoms with E-state index >= 15 is 0 Å². The number of ether oxygens (including phenoxy) is 1. The number of carbonyl (C=O) groups is 1. The molecule has 20 heavy (non-hydrogen) atoms. The van der Waals surface area contributed by atoms with Crippen LogP contribution in [-0.2, 0) is 9.53 Å². The zero-order chi connectivity index (χ0) is 15.2. The van der Waals surface area contributed by atoms with Crippen molar-refractivity contribution in [1.82, 2.24) is 0 Å². The third-order valence-electron chi connectivity index (χ3n) is 3.10. The molecule has 0 saturated carbocycles. The lowest BCUT2D eigenvalue weighted by atomic mass is 9.91. The Hall–Kier alpha value is -0.520. The van der Waals surface area contributed by atoms with Crippen LogP contribution >= 0.6 is 27.7 Å². The molecule has 0 spiro atoms. The number of halogens is 1. The van der Waals surface area contributed by atoms with Gasteiger partial charge in [-0.05, 0) is 44.5 Å². The van der Waals surface area contributed by atoms with Crippen LogP contribution in [0.1, 0.15) is 27.2 Å². The molecule has 1 N–H and O–H groups in total. The molecule has 1 unspecified atom stereocenters. The highest BCUT2D eigenvalue weighted by Gasteiger charge is 2.27. The molecule has 0 amide bonds. The minimum atomic E-state index is -0.653. The first-order chi connectivity index (χ1) is 9.35. The lowest BCUT2D eigenvalue weighted by Crippen LogP contribution is -2.29. The highest BCUT2D eigenvalue weighted by molar-refractivity contribution is 9.10. The van der Waals surface area contributed by atoms with Gasteiger partial charge in [-0.25, -0.2) is 0 Å². The van der Waals surface area contributed by atoms with Gasteiger partial charge >= 0.3 is 5.97 Å². The van der Waals surface area contributed by atoms with E-state index in [9.17, 15) is 9.90 Å². The van der Waals surface area contributed by atoms with Crippen molar-refractivity contribution in [2.45, 2.75) is 38.2 Å². The van der Waals surface area contributed by atoms with E-state index in [0.717, 1.165) is 15.8 Å². The van der Waals surface area contributed by atoms with Gasteiger partial charge in [-0.3, -0.25) is 4.79 Å². The molecule has 0 saturated heterocycles. The smallest absolute Gasteiger partial charge is 0.311 e. The van der Waals surface area contributed by atoms with Crippen molar-refractivity contribution in [2.24, 2.45) is 5.41 Å². The zero-order valence-electron chi connectivity index (χ0n) is 12.1. The van der Waals surface area contributed by atoms with E-state index in [1.807, 2.05) is 45.0 Å². The highest BCUT2D eigenvalue weighted by atomic mass is 79.9. The lowest BCUT2D eigenvalue weighted by Gasteiger charge is -2.21. The summed E-state index contributed by atoms with van der Waals surface area (Å²) < 4.78 is 6.18. The van der Waals surface area contributed by atoms with Crippen molar-refractivity contribution in [3.8, 4) is 0 Å². The Morgan fingerprint density at radius 2 is 2.00 bits per heavy atom. The van der Waals surface area contributed by atoms with Crippen LogP contribution in [0.3, 0.4) is 0 Å². The Morgan fingerprint density at radius 1 is 1.40 bits per heavy atom. The maximum Gasteiger partial charge on any atom is 0.311 e. The van der Waals surface area contributed by atoms with Gasteiger partial charge in [-0.1, -0.05) is 22.9 Å². The summed E-state index contributed by atoms with van der Waals surface area (Å²) in [5.41, 5.74) is -0.488. The molecule has 1 rings (SSSR count). The molecule has 0 radical (unpaired) electrons. The van der Waals surface area contributed by atoms with Crippen molar-refractivity contribution < 1.29 is 14.6 Å². The number of aliphatic hydroxyl groups is 1. The Bertz CT molecular complexity index is 431. The fourth-order valence-corrected chi connectivity index (χ4v) is 2.36. The van der Waals surface area contributed by atoms with Gasteiger partial charge in [-0.15, -0.1) is 11.8 Å². The molecular formula is C15H21BrO3S. The molecule has 5 heteroatoms. The van der Waals surface area contributed by atoms with Crippen molar-refractivity contribution in [1.29, 1.82) is 0 Å². The average molecular weight is 361 g/mol. The molecule has 1 aromatic rings. The second-order valence-electron chi connectivity index (χ2n) is 5.25. The summed E-state index contributed by atoms with van der Waals surface area (Å²) in [6, 6.07) is 7.87. The molecule has 0 aliphatic rings. The number of rotatable bonds is 7. The van der Waals surface area contributed by atoms with Crippen molar-refractivity contribution >= 4 is 33.7 Å². The molecule has 112 valence electrons. The summed E-state index contributed by atoms with van der Waals surface area (Å²) >= 11 is 4.92. The SMILES string of the molecule is CCC(C)(C)C(=O)OCC(O)CSc1ccc(Br)cc1. The molecule has 0 heterocycles. The van der Waals surface area contributed by atoms with E-state index < -0.39 is 11.5 Å². The Labute approximate surface area is 133 Å². The highest BCUT2D eigenvalue weighted by Crippen LogP contribution is 2.23. The summed E-state index contributed by atoms with van der Waals surface area (Å²) in [6.07, 6.45) is 0.0653. The lowest BCUT2D eigenvalue weighted by molar-refractivity contribution is -0.156. The van der Waals surface area contributed by atoms with Gasteiger partial charge in [-0.2, -0.15) is 0 Å². The van der Waals surface area contributed by atoms with E-state index in [-0.39, 0.29) is 12.6 Å². The van der Waals surface area contributed by atoms with Gasteiger partial charge in [0.1, 0.15) is 6.61 Å². The number of esters is 1. The third-order valence-corrected chi connectivity index (χ3v) is 4.78. The van der Waals surface area contributed by atoms with Crippen LogP contribution in [0.2, 0.25) is 0 Å². The maximum atomic E-state index is 11.8. The van der Waals surface area contributed by atoms with E-state index in [1.165, 1.54) is 0 Å². The summed E-state index contributed by atoms with van der Waals surface area (Å²) in [6.45, 7) is 5.68. The van der Waals surface area contributed by atoms with Gasteiger partial charge in [0.25, 0.3) is 0 Å². The van der Waals surface area contributed by atoms with E-state index in [1.54, 1.807) is 11.8 Å². The van der Waals surface area contributed by atoms with Crippen LogP contribution in [0.4, 0.5) is 0 Å². The van der Waals surface area contributed by atoms with Gasteiger partial charge < -0.3 is 9.84 Å². The number of carbonyl (C=O) groups excluding carboxylic acids is 1. The number of hydrogen-bond donors (Lipinski definition) is 1. The molecule has 3 nitrogen and oxygen atoms in total. The Kier molecular flexibility index (Phi) is 7.06. The van der Waals surface area contributed by atoms with Crippen molar-refractivity contribution in [3.05, 3.63) is 28.7 Å². The largest absolute Gasteiger partial charge is 0.462 e. The standard InChI is InChI=1S/C15H21BrO3S/c1-4-15(2,3)14(18)19-9-12(17)10-20-13-7-5-11(16)6-8-13/h5-8,12,17H,4,9-10H2,1-3H3. The average Bonchev–Trinajstić information content (AvgIpc) is 2.44. The second-order valence-corrected chi connectivity index (χ2v) is 7.26. The summed E-state index contributed by atoms with van der Waals surface area (Å²) in [4.78, 5) is 12.8. The predicted molar refractivity (Wildman–Crippen MR) is 85.9 cm³/mol. The first-order valence-corrected chi connectivity index (χ1v) is 8.36. The normalized spacial score (nSPS) is 13.1. The molecular weight excluding hydrogens is 340 g/mol. The first-order valence-electron chi connectivity index (χ1n) is 6.59. The van der Waals surface area contributed by atoms with E-state index in [2.05, 4.69) is 15.9 Å². The minimum absolute atomic E-state index is 0.0474. The number of benzene rings is 1. The number of thioether (sulfide) groups is 1. The fraction of sp³-hybridized carbons (Fsp3) is 0.533. The predicted octanol–water partition coefficient (Wildman–Crippen LogP) is 3.88. The molecule has 0 bridgehead atoms. The molecule has 0 aromatic heterocycles. The summed E-state index contributed by atoms with van der Waals surface area (Å²) in [7, 11) is 0. The summed E-state index contributed by atoms with van der Waals surface area (Å²) in [5, 5.41) is 9.85. The molecule has 1 atom stereocenters. The number of hydrogen-bond acceptors (Lipinski definition) is 4. The van der Waals surface area contributed by atoms with Crippen LogP contribution in [0, 0.1) is 5.41 Å². The Balaban J connectivity index is 2.32.